The minimum atomic E-state index is -1.61. The zero-order valence-corrected chi connectivity index (χ0v) is 22.2. The zero-order valence-electron chi connectivity index (χ0n) is 22.2. The number of hydrogen-bond donors (Lipinski definition) is 0. The van der Waals surface area contributed by atoms with Gasteiger partial charge in [-0.3, -0.25) is 4.79 Å². The van der Waals surface area contributed by atoms with Crippen LogP contribution in [0.4, 0.5) is 17.6 Å². The summed E-state index contributed by atoms with van der Waals surface area (Å²) in [4.78, 5) is 12.6. The average Bonchev–Trinajstić information content (AvgIpc) is 2.93. The molecule has 0 radical (unpaired) electrons. The Labute approximate surface area is 222 Å². The number of hydrogen-bond acceptors (Lipinski definition) is 3. The van der Waals surface area contributed by atoms with Crippen molar-refractivity contribution in [2.45, 2.75) is 84.5 Å². The fraction of sp³-hybridized carbons (Fsp3) is 0.516. The second kappa shape index (κ2) is 14.8. The normalized spacial score (nSPS) is 17.0. The minimum Gasteiger partial charge on any atom is -0.487 e. The van der Waals surface area contributed by atoms with Gasteiger partial charge >= 0.3 is 5.97 Å². The van der Waals surface area contributed by atoms with E-state index in [4.69, 9.17) is 9.47 Å². The number of carbonyl (C=O) groups excluding carboxylic acids is 1. The molecule has 0 aromatic heterocycles. The van der Waals surface area contributed by atoms with E-state index in [0.29, 0.717) is 23.7 Å². The quantitative estimate of drug-likeness (QED) is 0.0727. The molecule has 2 aromatic rings. The molecule has 3 nitrogen and oxygen atoms in total. The molecular formula is C31H36F4O3. The molecule has 1 aliphatic rings. The molecule has 0 atom stereocenters. The number of halogens is 4. The second-order valence-electron chi connectivity index (χ2n) is 9.92. The average molecular weight is 533 g/mol. The van der Waals surface area contributed by atoms with Gasteiger partial charge in [-0.1, -0.05) is 64.2 Å². The number of rotatable bonds is 11. The van der Waals surface area contributed by atoms with Crippen molar-refractivity contribution >= 4 is 5.97 Å². The van der Waals surface area contributed by atoms with Crippen molar-refractivity contribution in [3.8, 4) is 23.3 Å². The van der Waals surface area contributed by atoms with Gasteiger partial charge < -0.3 is 9.47 Å². The maximum atomic E-state index is 14.4. The maximum absolute atomic E-state index is 14.4. The van der Waals surface area contributed by atoms with Crippen LogP contribution in [-0.2, 0) is 4.79 Å². The molecule has 2 aromatic carbocycles. The lowest BCUT2D eigenvalue weighted by Crippen LogP contribution is -2.25. The topological polar surface area (TPSA) is 35.5 Å². The highest BCUT2D eigenvalue weighted by Gasteiger charge is 2.28. The summed E-state index contributed by atoms with van der Waals surface area (Å²) >= 11 is 0. The van der Waals surface area contributed by atoms with E-state index >= 15 is 0 Å². The molecule has 0 spiro atoms. The summed E-state index contributed by atoms with van der Waals surface area (Å²) in [7, 11) is 0. The van der Waals surface area contributed by atoms with Crippen LogP contribution in [0.2, 0.25) is 0 Å². The van der Waals surface area contributed by atoms with Crippen molar-refractivity contribution in [1.82, 2.24) is 0 Å². The SMILES string of the molecule is CCCCCOc1c(F)c(F)c(C#Cc2ccc(OC(=O)C3CCC(CCCCC)CC3)cc2)c(F)c1F. The summed E-state index contributed by atoms with van der Waals surface area (Å²) in [6.07, 6.45) is 10.8. The van der Waals surface area contributed by atoms with Crippen LogP contribution >= 0.6 is 0 Å². The third-order valence-corrected chi connectivity index (χ3v) is 7.02. The van der Waals surface area contributed by atoms with Gasteiger partial charge in [0.15, 0.2) is 17.4 Å². The summed E-state index contributed by atoms with van der Waals surface area (Å²) in [6, 6.07) is 6.07. The first-order chi connectivity index (χ1) is 18.3. The van der Waals surface area contributed by atoms with Gasteiger partial charge in [0.25, 0.3) is 0 Å². The van der Waals surface area contributed by atoms with E-state index in [2.05, 4.69) is 18.8 Å². The predicted molar refractivity (Wildman–Crippen MR) is 139 cm³/mol. The lowest BCUT2D eigenvalue weighted by molar-refractivity contribution is -0.140. The molecule has 0 heterocycles. The van der Waals surface area contributed by atoms with E-state index in [-0.39, 0.29) is 18.5 Å². The lowest BCUT2D eigenvalue weighted by atomic mass is 9.80. The van der Waals surface area contributed by atoms with Crippen LogP contribution in [0.1, 0.15) is 95.6 Å². The van der Waals surface area contributed by atoms with Crippen LogP contribution < -0.4 is 9.47 Å². The second-order valence-corrected chi connectivity index (χ2v) is 9.92. The van der Waals surface area contributed by atoms with E-state index in [9.17, 15) is 22.4 Å². The Morgan fingerprint density at radius 2 is 1.42 bits per heavy atom. The molecule has 1 fully saturated rings. The van der Waals surface area contributed by atoms with Crippen LogP contribution in [0.5, 0.6) is 11.5 Å². The Morgan fingerprint density at radius 1 is 0.816 bits per heavy atom. The lowest BCUT2D eigenvalue weighted by Gasteiger charge is -2.27. The third-order valence-electron chi connectivity index (χ3n) is 7.02. The van der Waals surface area contributed by atoms with Gasteiger partial charge in [-0.15, -0.1) is 0 Å². The molecule has 3 rings (SSSR count). The fourth-order valence-electron chi connectivity index (χ4n) is 4.68. The van der Waals surface area contributed by atoms with Gasteiger partial charge in [0.2, 0.25) is 11.6 Å². The van der Waals surface area contributed by atoms with Crippen molar-refractivity contribution in [3.05, 3.63) is 58.7 Å². The molecule has 0 N–H and O–H groups in total. The minimum absolute atomic E-state index is 0.0528. The first kappa shape index (κ1) is 29.5. The molecular weight excluding hydrogens is 496 g/mol. The number of ether oxygens (including phenoxy) is 2. The Bertz CT molecular complexity index is 1100. The fourth-order valence-corrected chi connectivity index (χ4v) is 4.68. The molecule has 1 aliphatic carbocycles. The summed E-state index contributed by atoms with van der Waals surface area (Å²) in [5, 5.41) is 0. The highest BCUT2D eigenvalue weighted by atomic mass is 19.2. The molecule has 7 heteroatoms. The van der Waals surface area contributed by atoms with Crippen LogP contribution in [0, 0.1) is 46.9 Å². The Balaban J connectivity index is 1.60. The number of unbranched alkanes of at least 4 members (excludes halogenated alkanes) is 4. The van der Waals surface area contributed by atoms with Crippen molar-refractivity contribution in [1.29, 1.82) is 0 Å². The summed E-state index contributed by atoms with van der Waals surface area (Å²) in [6.45, 7) is 4.08. The van der Waals surface area contributed by atoms with E-state index in [0.717, 1.165) is 38.5 Å². The van der Waals surface area contributed by atoms with E-state index in [1.807, 2.05) is 6.92 Å². The molecule has 206 valence electrons. The Morgan fingerprint density at radius 3 is 2.03 bits per heavy atom. The molecule has 1 saturated carbocycles. The largest absolute Gasteiger partial charge is 0.487 e. The van der Waals surface area contributed by atoms with Crippen molar-refractivity contribution in [2.24, 2.45) is 11.8 Å². The summed E-state index contributed by atoms with van der Waals surface area (Å²) in [5.74, 6) is -2.18. The maximum Gasteiger partial charge on any atom is 0.314 e. The van der Waals surface area contributed by atoms with Crippen molar-refractivity contribution in [2.75, 3.05) is 6.61 Å². The monoisotopic (exact) mass is 532 g/mol. The Hall–Kier alpha value is -3.01. The molecule has 0 saturated heterocycles. The van der Waals surface area contributed by atoms with Crippen LogP contribution in [0.25, 0.3) is 0 Å². The molecule has 38 heavy (non-hydrogen) atoms. The van der Waals surface area contributed by atoms with E-state index in [1.54, 1.807) is 0 Å². The number of esters is 1. The number of benzene rings is 2. The van der Waals surface area contributed by atoms with Crippen molar-refractivity contribution in [3.63, 3.8) is 0 Å². The third kappa shape index (κ3) is 7.99. The van der Waals surface area contributed by atoms with Crippen LogP contribution in [-0.4, -0.2) is 12.6 Å². The first-order valence-corrected chi connectivity index (χ1v) is 13.7. The predicted octanol–water partition coefficient (Wildman–Crippen LogP) is 8.50. The van der Waals surface area contributed by atoms with Crippen LogP contribution in [0.3, 0.4) is 0 Å². The molecule has 0 unspecified atom stereocenters. The van der Waals surface area contributed by atoms with E-state index < -0.39 is 34.6 Å². The van der Waals surface area contributed by atoms with Gasteiger partial charge in [0, 0.05) is 5.56 Å². The van der Waals surface area contributed by atoms with Gasteiger partial charge in [0.1, 0.15) is 11.3 Å². The van der Waals surface area contributed by atoms with Crippen LogP contribution in [0.15, 0.2) is 24.3 Å². The smallest absolute Gasteiger partial charge is 0.314 e. The Kier molecular flexibility index (Phi) is 11.5. The summed E-state index contributed by atoms with van der Waals surface area (Å²) in [5.41, 5.74) is -0.682. The number of carbonyl (C=O) groups is 1. The van der Waals surface area contributed by atoms with Gasteiger partial charge in [-0.25, -0.2) is 8.78 Å². The molecule has 0 amide bonds. The zero-order chi connectivity index (χ0) is 27.5. The standard InChI is InChI=1S/C31H36F4O3/c1-3-5-7-9-21-10-15-23(16-11-21)31(36)38-24-17-12-22(13-18-24)14-19-25-26(32)28(34)30(29(35)27(25)33)37-20-8-6-4-2/h12-13,17-18,21,23H,3-11,15-16,20H2,1-2H3. The first-order valence-electron chi connectivity index (χ1n) is 13.7. The van der Waals surface area contributed by atoms with Gasteiger partial charge in [-0.05, 0) is 62.3 Å². The molecule has 0 bridgehead atoms. The highest BCUT2D eigenvalue weighted by molar-refractivity contribution is 5.75. The van der Waals surface area contributed by atoms with E-state index in [1.165, 1.54) is 49.9 Å². The van der Waals surface area contributed by atoms with Crippen molar-refractivity contribution < 1.29 is 31.8 Å². The highest BCUT2D eigenvalue weighted by Crippen LogP contribution is 2.33. The van der Waals surface area contributed by atoms with Gasteiger partial charge in [0.05, 0.1) is 12.5 Å². The summed E-state index contributed by atoms with van der Waals surface area (Å²) < 4.78 is 68.0. The van der Waals surface area contributed by atoms with Gasteiger partial charge in [-0.2, -0.15) is 8.78 Å². The molecule has 0 aliphatic heterocycles.